The van der Waals surface area contributed by atoms with Crippen LogP contribution in [0.5, 0.6) is 0 Å². The zero-order valence-corrected chi connectivity index (χ0v) is 63.7. The molecule has 0 saturated carbocycles. The van der Waals surface area contributed by atoms with Gasteiger partial charge in [0, 0.05) is 194 Å². The van der Waals surface area contributed by atoms with E-state index in [0.29, 0.717) is 0 Å². The molecule has 107 heavy (non-hydrogen) atoms. The third-order valence-corrected chi connectivity index (χ3v) is 17.9. The van der Waals surface area contributed by atoms with Crippen LogP contribution in [0.4, 0.5) is 0 Å². The van der Waals surface area contributed by atoms with Crippen molar-refractivity contribution in [3.05, 3.63) is 0 Å². The van der Waals surface area contributed by atoms with E-state index < -0.39 is 102 Å². The number of amides is 14. The molecule has 0 aliphatic carbocycles. The third kappa shape index (κ3) is 37.1. The van der Waals surface area contributed by atoms with Crippen LogP contribution in [0.3, 0.4) is 0 Å². The number of rotatable bonds is 58. The minimum absolute atomic E-state index is 0.0448. The minimum Gasteiger partial charge on any atom is -0.342 e. The summed E-state index contributed by atoms with van der Waals surface area (Å²) in [5, 5.41) is 0. The lowest BCUT2D eigenvalue weighted by atomic mass is 10.0. The van der Waals surface area contributed by atoms with Gasteiger partial charge in [-0.1, -0.05) is 0 Å². The highest BCUT2D eigenvalue weighted by atomic mass is 16.2. The Bertz CT molecular complexity index is 2290. The normalized spacial score (nSPS) is 11.1. The molecular formula is C63H130N30O14. The molecule has 44 nitrogen and oxygen atoms in total. The first-order valence-electron chi connectivity index (χ1n) is 36.0. The van der Waals surface area contributed by atoms with Gasteiger partial charge in [-0.05, 0) is 27.7 Å². The fourth-order valence-corrected chi connectivity index (χ4v) is 10.7. The lowest BCUT2D eigenvalue weighted by Gasteiger charge is -2.36. The smallest absolute Gasteiger partial charge is 0.226 e. The number of nitrogens with zero attached hydrogens (tertiary/aromatic N) is 15. The zero-order chi connectivity index (χ0) is 81.4. The first-order chi connectivity index (χ1) is 50.8. The van der Waals surface area contributed by atoms with Crippen molar-refractivity contribution in [2.75, 3.05) is 198 Å². The molecule has 0 radical (unpaired) electrons. The van der Waals surface area contributed by atoms with Crippen LogP contribution in [0.2, 0.25) is 0 Å². The SMILES string of the molecule is CCN(CN)C(=O)CCN(CCC(=O)N(CN)CN)C(=O)CCN(CCC(=O)N(CCC(=O)N(CN)CN)CCC(=O)N(CN)CN)C(=O)CCN(CCC(=O)N(CCC(=O)N(CCC(=O)N(CN)CN)CCC(=O)N(CN)CN)CCC(=O)N(CCC(=O)N(CN)CN)CCC(=O)N(CN)CN)C(C)(C)C. The molecular weight excluding hydrogens is 1400 g/mol. The van der Waals surface area contributed by atoms with E-state index >= 15 is 0 Å². The summed E-state index contributed by atoms with van der Waals surface area (Å²) in [6, 6.07) is 0. The fraction of sp³-hybridized carbons (Fsp3) is 0.778. The molecule has 0 rings (SSSR count). The predicted molar refractivity (Wildman–Crippen MR) is 397 cm³/mol. The number of hydrogen-bond donors (Lipinski definition) is 15. The van der Waals surface area contributed by atoms with Crippen molar-refractivity contribution in [1.82, 2.24) is 73.5 Å². The van der Waals surface area contributed by atoms with Crippen molar-refractivity contribution >= 4 is 82.7 Å². The predicted octanol–water partition coefficient (Wildman–Crippen LogP) is -11.1. The Labute approximate surface area is 628 Å². The maximum absolute atomic E-state index is 14.9. The van der Waals surface area contributed by atoms with Gasteiger partial charge in [0.15, 0.2) is 0 Å². The Kier molecular flexibility index (Phi) is 51.2. The van der Waals surface area contributed by atoms with Crippen LogP contribution in [0.1, 0.15) is 118 Å². The highest BCUT2D eigenvalue weighted by Gasteiger charge is 2.31. The van der Waals surface area contributed by atoms with Crippen molar-refractivity contribution < 1.29 is 67.1 Å². The minimum atomic E-state index is -0.795. The molecule has 30 N–H and O–H groups in total. The molecule has 0 aromatic heterocycles. The number of nitrogens with two attached hydrogens (primary N) is 15. The molecule has 0 heterocycles. The van der Waals surface area contributed by atoms with Crippen molar-refractivity contribution in [2.24, 2.45) is 86.0 Å². The molecule has 0 fully saturated rings. The second-order valence-electron chi connectivity index (χ2n) is 25.5. The van der Waals surface area contributed by atoms with Crippen LogP contribution in [0.15, 0.2) is 0 Å². The standard InChI is InChI=1S/C63H130N30O14/c1-5-79(34-64)49(94)6-20-80(25-11-56(101)86(35-65)36-66)50(95)7-21-84(22-8-51(96)81(26-12-57(102)87(37-67)38-68)27-13-58(103)88(39-69)40-70)54(99)18-32-93(63(2,3)4)33-19-55(100)85(23-9-52(97)82(28-14-59(104)89(41-71)42-72)29-15-60(105)90(43-73)44-74)24-10-53(98)83(30-16-61(106)91(45-75)46-76)31-17-62(107)92(47-77)48-78/h5-48,64-78H2,1-4H3. The van der Waals surface area contributed by atoms with Crippen molar-refractivity contribution in [3.63, 3.8) is 0 Å². The molecule has 0 aromatic rings. The summed E-state index contributed by atoms with van der Waals surface area (Å²) in [7, 11) is 0. The maximum Gasteiger partial charge on any atom is 0.226 e. The molecule has 0 saturated heterocycles. The Hall–Kier alpha value is -8.06. The number of carbonyl (C=O) groups is 14. The van der Waals surface area contributed by atoms with E-state index in [0.717, 1.165) is 34.3 Å². The molecule has 0 aliphatic heterocycles. The zero-order valence-electron chi connectivity index (χ0n) is 63.7. The van der Waals surface area contributed by atoms with Crippen LogP contribution < -0.4 is 86.0 Å². The topological polar surface area (TPSA) is 678 Å². The van der Waals surface area contributed by atoms with Gasteiger partial charge >= 0.3 is 0 Å². The van der Waals surface area contributed by atoms with Gasteiger partial charge in [0.05, 0.1) is 100 Å². The summed E-state index contributed by atoms with van der Waals surface area (Å²) in [6.45, 7) is 1.44. The Morgan fingerprint density at radius 1 is 0.178 bits per heavy atom. The van der Waals surface area contributed by atoms with E-state index in [9.17, 15) is 67.1 Å². The molecule has 14 amide bonds. The monoisotopic (exact) mass is 1530 g/mol. The molecule has 0 unspecified atom stereocenters. The molecule has 44 heteroatoms. The Morgan fingerprint density at radius 3 is 0.383 bits per heavy atom. The second kappa shape index (κ2) is 55.4. The lowest BCUT2D eigenvalue weighted by Crippen LogP contribution is -2.47. The number of carbonyl (C=O) groups excluding carboxylic acids is 14. The van der Waals surface area contributed by atoms with Gasteiger partial charge in [-0.25, -0.2) is 0 Å². The average molecular weight is 1530 g/mol. The number of hydrogen-bond acceptors (Lipinski definition) is 30. The Balaban J connectivity index is 7.83. The quantitative estimate of drug-likeness (QED) is 0.0251. The van der Waals surface area contributed by atoms with Gasteiger partial charge in [-0.2, -0.15) is 0 Å². The van der Waals surface area contributed by atoms with Crippen LogP contribution in [-0.2, 0) is 67.1 Å². The summed E-state index contributed by atoms with van der Waals surface area (Å²) in [5.41, 5.74) is 85.3. The van der Waals surface area contributed by atoms with E-state index in [1.54, 1.807) is 6.92 Å². The molecule has 0 bridgehead atoms. The first kappa shape index (κ1) is 98.9. The van der Waals surface area contributed by atoms with E-state index in [1.807, 2.05) is 25.7 Å². The van der Waals surface area contributed by atoms with Crippen molar-refractivity contribution in [2.45, 2.75) is 123 Å². The molecule has 0 spiro atoms. The van der Waals surface area contributed by atoms with Crippen LogP contribution >= 0.6 is 0 Å². The van der Waals surface area contributed by atoms with Gasteiger partial charge in [0.1, 0.15) is 0 Å². The maximum atomic E-state index is 14.9. The van der Waals surface area contributed by atoms with Gasteiger partial charge in [-0.3, -0.25) is 72.0 Å². The van der Waals surface area contributed by atoms with Crippen molar-refractivity contribution in [1.29, 1.82) is 0 Å². The van der Waals surface area contributed by atoms with Gasteiger partial charge in [0.2, 0.25) is 82.7 Å². The van der Waals surface area contributed by atoms with Crippen molar-refractivity contribution in [3.8, 4) is 0 Å². The summed E-state index contributed by atoms with van der Waals surface area (Å²) in [4.78, 5) is 211. The van der Waals surface area contributed by atoms with E-state index in [4.69, 9.17) is 86.0 Å². The molecule has 0 atom stereocenters. The van der Waals surface area contributed by atoms with Gasteiger partial charge < -0.3 is 155 Å². The van der Waals surface area contributed by atoms with E-state index in [1.165, 1.54) is 34.3 Å². The molecule has 616 valence electrons. The largest absolute Gasteiger partial charge is 0.342 e. The highest BCUT2D eigenvalue weighted by Crippen LogP contribution is 2.18. The average Bonchev–Trinajstić information content (AvgIpc) is 0.867. The van der Waals surface area contributed by atoms with Crippen LogP contribution in [-0.4, -0.2) is 360 Å². The summed E-state index contributed by atoms with van der Waals surface area (Å²) < 4.78 is 0. The summed E-state index contributed by atoms with van der Waals surface area (Å²) >= 11 is 0. The van der Waals surface area contributed by atoms with E-state index in [2.05, 4.69) is 0 Å². The summed E-state index contributed by atoms with van der Waals surface area (Å²) in [6.07, 6.45) is -4.07. The van der Waals surface area contributed by atoms with Crippen LogP contribution in [0, 0.1) is 0 Å². The van der Waals surface area contributed by atoms with Gasteiger partial charge in [0.25, 0.3) is 0 Å². The Morgan fingerprint density at radius 2 is 0.280 bits per heavy atom. The van der Waals surface area contributed by atoms with E-state index in [-0.39, 0.29) is 275 Å². The third-order valence-electron chi connectivity index (χ3n) is 17.9. The fourth-order valence-electron chi connectivity index (χ4n) is 10.7. The van der Waals surface area contributed by atoms with Gasteiger partial charge in [-0.15, -0.1) is 0 Å². The van der Waals surface area contributed by atoms with Crippen LogP contribution in [0.25, 0.3) is 0 Å². The molecule has 0 aromatic carbocycles. The second-order valence-corrected chi connectivity index (χ2v) is 25.5. The highest BCUT2D eigenvalue weighted by molar-refractivity contribution is 5.86. The lowest BCUT2D eigenvalue weighted by molar-refractivity contribution is -0.140. The first-order valence-corrected chi connectivity index (χ1v) is 36.0. The molecule has 0 aliphatic rings. The summed E-state index contributed by atoms with van der Waals surface area (Å²) in [5.74, 6) is -7.33.